The molecule has 2 aromatic heterocycles. The molecule has 6 rings (SSSR count). The van der Waals surface area contributed by atoms with Gasteiger partial charge in [0.15, 0.2) is 0 Å². The summed E-state index contributed by atoms with van der Waals surface area (Å²) in [7, 11) is 2.04. The molecule has 40 heavy (non-hydrogen) atoms. The predicted molar refractivity (Wildman–Crippen MR) is 159 cm³/mol. The van der Waals surface area contributed by atoms with Gasteiger partial charge in [-0.1, -0.05) is 42.0 Å². The summed E-state index contributed by atoms with van der Waals surface area (Å²) in [6.07, 6.45) is 1.66. The number of carbonyl (C=O) groups is 2. The molecule has 208 valence electrons. The summed E-state index contributed by atoms with van der Waals surface area (Å²) >= 11 is 0. The Balaban J connectivity index is 0.00000323. The molecule has 4 heterocycles. The number of ether oxygens (including phenoxy) is 1. The molecule has 9 heteroatoms. The van der Waals surface area contributed by atoms with Crippen molar-refractivity contribution in [3.8, 4) is 11.3 Å². The van der Waals surface area contributed by atoms with Crippen LogP contribution in [-0.2, 0) is 11.8 Å². The number of hydrogen-bond donors (Lipinski definition) is 0. The molecule has 0 aliphatic carbocycles. The smallest absolute Gasteiger partial charge is 0.256 e. The second-order valence-corrected chi connectivity index (χ2v) is 10.3. The van der Waals surface area contributed by atoms with E-state index in [1.165, 1.54) is 0 Å². The van der Waals surface area contributed by atoms with Gasteiger partial charge in [0.1, 0.15) is 5.82 Å². The summed E-state index contributed by atoms with van der Waals surface area (Å²) in [5.41, 5.74) is 5.53. The topological polar surface area (TPSA) is 70.9 Å². The van der Waals surface area contributed by atoms with Gasteiger partial charge in [0.05, 0.1) is 30.0 Å². The van der Waals surface area contributed by atoms with Crippen molar-refractivity contribution < 1.29 is 14.3 Å². The van der Waals surface area contributed by atoms with Crippen LogP contribution in [-0.4, -0.2) is 83.6 Å². The molecule has 0 bridgehead atoms. The molecule has 4 aromatic rings. The van der Waals surface area contributed by atoms with E-state index < -0.39 is 0 Å². The van der Waals surface area contributed by atoms with E-state index in [0.717, 1.165) is 39.1 Å². The molecule has 2 fully saturated rings. The Morgan fingerprint density at radius 1 is 0.825 bits per heavy atom. The number of benzene rings is 2. The minimum absolute atomic E-state index is 0. The minimum Gasteiger partial charge on any atom is -0.378 e. The fourth-order valence-electron chi connectivity index (χ4n) is 5.65. The van der Waals surface area contributed by atoms with Crippen LogP contribution in [0.5, 0.6) is 0 Å². The Morgan fingerprint density at radius 2 is 1.52 bits per heavy atom. The van der Waals surface area contributed by atoms with E-state index in [9.17, 15) is 9.59 Å². The highest BCUT2D eigenvalue weighted by Gasteiger charge is 2.29. The molecule has 0 unspecified atom stereocenters. The molecule has 2 aliphatic heterocycles. The lowest BCUT2D eigenvalue weighted by molar-refractivity contribution is 0.0302. The number of amides is 2. The summed E-state index contributed by atoms with van der Waals surface area (Å²) in [5.74, 6) is 0.878. The molecular weight excluding hydrogens is 526 g/mol. The Morgan fingerprint density at radius 3 is 2.20 bits per heavy atom. The number of aryl methyl sites for hydroxylation is 2. The first-order chi connectivity index (χ1) is 19.0. The zero-order chi connectivity index (χ0) is 26.9. The molecule has 0 saturated carbocycles. The normalized spacial score (nSPS) is 15.7. The Bertz CT molecular complexity index is 1510. The Hall–Kier alpha value is -3.88. The lowest BCUT2D eigenvalue weighted by atomic mass is 10.0. The van der Waals surface area contributed by atoms with Crippen LogP contribution in [0.25, 0.3) is 22.2 Å². The summed E-state index contributed by atoms with van der Waals surface area (Å²) in [6.45, 7) is 7.00. The van der Waals surface area contributed by atoms with Gasteiger partial charge in [-0.25, -0.2) is 4.98 Å². The van der Waals surface area contributed by atoms with Crippen molar-refractivity contribution in [2.24, 2.45) is 7.05 Å². The van der Waals surface area contributed by atoms with Gasteiger partial charge in [-0.15, -0.1) is 12.4 Å². The van der Waals surface area contributed by atoms with Crippen LogP contribution in [0.15, 0.2) is 66.9 Å². The molecular formula is C31H34ClN5O3. The number of rotatable bonds is 4. The molecule has 2 aliphatic rings. The highest BCUT2D eigenvalue weighted by atomic mass is 35.5. The fourth-order valence-corrected chi connectivity index (χ4v) is 5.65. The van der Waals surface area contributed by atoms with Gasteiger partial charge in [0.2, 0.25) is 0 Å². The lowest BCUT2D eigenvalue weighted by Crippen LogP contribution is -2.49. The van der Waals surface area contributed by atoms with Crippen LogP contribution >= 0.6 is 12.4 Å². The van der Waals surface area contributed by atoms with E-state index in [-0.39, 0.29) is 24.2 Å². The number of aromatic nitrogens is 2. The molecule has 0 radical (unpaired) electrons. The van der Waals surface area contributed by atoms with Crippen LogP contribution < -0.4 is 4.90 Å². The Kier molecular flexibility index (Phi) is 8.09. The molecule has 2 aromatic carbocycles. The van der Waals surface area contributed by atoms with Gasteiger partial charge in [0, 0.05) is 63.4 Å². The maximum absolute atomic E-state index is 14.1. The van der Waals surface area contributed by atoms with Gasteiger partial charge in [-0.2, -0.15) is 0 Å². The monoisotopic (exact) mass is 559 g/mol. The van der Waals surface area contributed by atoms with Crippen molar-refractivity contribution in [2.75, 3.05) is 57.4 Å². The molecule has 2 amide bonds. The number of fused-ring (bicyclic) bond motifs is 1. The quantitative estimate of drug-likeness (QED) is 0.370. The van der Waals surface area contributed by atoms with Crippen LogP contribution in [0.1, 0.15) is 26.3 Å². The van der Waals surface area contributed by atoms with Crippen molar-refractivity contribution in [1.29, 1.82) is 0 Å². The molecule has 0 N–H and O–H groups in total. The van der Waals surface area contributed by atoms with Gasteiger partial charge in [-0.05, 0) is 36.8 Å². The van der Waals surface area contributed by atoms with Crippen LogP contribution in [0.3, 0.4) is 0 Å². The summed E-state index contributed by atoms with van der Waals surface area (Å²) < 4.78 is 7.49. The van der Waals surface area contributed by atoms with Crippen molar-refractivity contribution >= 4 is 40.9 Å². The van der Waals surface area contributed by atoms with Crippen molar-refractivity contribution in [3.05, 3.63) is 83.6 Å². The van der Waals surface area contributed by atoms with Crippen molar-refractivity contribution in [3.63, 3.8) is 0 Å². The van der Waals surface area contributed by atoms with E-state index in [4.69, 9.17) is 4.74 Å². The van der Waals surface area contributed by atoms with Crippen LogP contribution in [0.4, 0.5) is 5.82 Å². The standard InChI is InChI=1S/C31H33N5O3.ClH/c1-22-8-10-26-25(20-22)28(29(33(26)2)23-6-4-3-5-7-23)31(38)35-14-12-34(13-15-35)27-11-9-24(21-32-27)30(37)36-16-18-39-19-17-36;/h3-11,20-21H,12-19H2,1-2H3;1H. The number of hydrogen-bond acceptors (Lipinski definition) is 5. The lowest BCUT2D eigenvalue weighted by Gasteiger charge is -2.35. The molecule has 8 nitrogen and oxygen atoms in total. The Labute approximate surface area is 240 Å². The number of halogens is 1. The largest absolute Gasteiger partial charge is 0.378 e. The highest BCUT2D eigenvalue weighted by Crippen LogP contribution is 2.35. The maximum atomic E-state index is 14.1. The zero-order valence-corrected chi connectivity index (χ0v) is 23.7. The number of nitrogens with zero attached hydrogens (tertiary/aromatic N) is 5. The highest BCUT2D eigenvalue weighted by molar-refractivity contribution is 6.13. The zero-order valence-electron chi connectivity index (χ0n) is 22.9. The van der Waals surface area contributed by atoms with E-state index in [1.54, 1.807) is 6.20 Å². The van der Waals surface area contributed by atoms with Gasteiger partial charge in [0.25, 0.3) is 11.8 Å². The minimum atomic E-state index is -0.00712. The third-order valence-electron chi connectivity index (χ3n) is 7.80. The third kappa shape index (κ3) is 5.17. The van der Waals surface area contributed by atoms with E-state index in [1.807, 2.05) is 47.2 Å². The summed E-state index contributed by atoms with van der Waals surface area (Å²) in [6, 6.07) is 20.2. The van der Waals surface area contributed by atoms with Crippen molar-refractivity contribution in [1.82, 2.24) is 19.4 Å². The van der Waals surface area contributed by atoms with E-state index >= 15 is 0 Å². The predicted octanol–water partition coefficient (Wildman–Crippen LogP) is 4.41. The number of pyridine rings is 1. The first kappa shape index (κ1) is 27.7. The summed E-state index contributed by atoms with van der Waals surface area (Å²) in [5, 5.41) is 0.992. The second kappa shape index (κ2) is 11.7. The SMILES string of the molecule is Cc1ccc2c(c1)c(C(=O)N1CCN(c3ccc(C(=O)N4CCOCC4)cn3)CC1)c(-c1ccccc1)n2C.Cl. The van der Waals surface area contributed by atoms with Crippen LogP contribution in [0, 0.1) is 6.92 Å². The van der Waals surface area contributed by atoms with E-state index in [2.05, 4.69) is 51.7 Å². The van der Waals surface area contributed by atoms with E-state index in [0.29, 0.717) is 58.0 Å². The first-order valence-electron chi connectivity index (χ1n) is 13.5. The van der Waals surface area contributed by atoms with Gasteiger partial charge >= 0.3 is 0 Å². The fraction of sp³-hybridized carbons (Fsp3) is 0.323. The number of morpholine rings is 1. The maximum Gasteiger partial charge on any atom is 0.256 e. The number of carbonyl (C=O) groups excluding carboxylic acids is 2. The molecule has 0 atom stereocenters. The molecule has 0 spiro atoms. The second-order valence-electron chi connectivity index (χ2n) is 10.3. The third-order valence-corrected chi connectivity index (χ3v) is 7.80. The van der Waals surface area contributed by atoms with Crippen molar-refractivity contribution in [2.45, 2.75) is 6.92 Å². The molecule has 2 saturated heterocycles. The number of piperazine rings is 1. The summed E-state index contributed by atoms with van der Waals surface area (Å²) in [4.78, 5) is 37.4. The average Bonchev–Trinajstić information content (AvgIpc) is 3.28. The first-order valence-corrected chi connectivity index (χ1v) is 13.5. The van der Waals surface area contributed by atoms with Gasteiger partial charge < -0.3 is 24.0 Å². The van der Waals surface area contributed by atoms with Gasteiger partial charge in [-0.3, -0.25) is 9.59 Å². The average molecular weight is 560 g/mol. The number of anilines is 1. The van der Waals surface area contributed by atoms with Crippen LogP contribution in [0.2, 0.25) is 0 Å².